The Morgan fingerprint density at radius 1 is 1.07 bits per heavy atom. The molecule has 4 amide bonds. The predicted molar refractivity (Wildman–Crippen MR) is 141 cm³/mol. The number of carbonyl (C=O) groups excluding carboxylic acids is 3. The monoisotopic (exact) mass is 583 g/mol. The number of thiol groups is 1. The van der Waals surface area contributed by atoms with E-state index in [1.807, 2.05) is 0 Å². The van der Waals surface area contributed by atoms with Crippen LogP contribution in [0.5, 0.6) is 0 Å². The first-order chi connectivity index (χ1) is 18.5. The van der Waals surface area contributed by atoms with Gasteiger partial charge < -0.3 is 42.1 Å². The second-order valence-corrected chi connectivity index (χ2v) is 11.2. The maximum absolute atomic E-state index is 13.2. The quantitative estimate of drug-likeness (QED) is 0.0829. The first-order valence-corrected chi connectivity index (χ1v) is 12.5. The fraction of sp³-hybridized carbons (Fsp3) is 0.500. The summed E-state index contributed by atoms with van der Waals surface area (Å²) >= 11 is 4.17. The maximum atomic E-state index is 13.2. The van der Waals surface area contributed by atoms with Crippen molar-refractivity contribution in [3.63, 3.8) is 0 Å². The number of hydrogen-bond acceptors (Lipinski definition) is 9. The number of aliphatic hydroxyl groups is 1. The summed E-state index contributed by atoms with van der Waals surface area (Å²) < 4.78 is -1.21. The highest BCUT2D eigenvalue weighted by atomic mass is 32.1. The van der Waals surface area contributed by atoms with Gasteiger partial charge in [-0.1, -0.05) is 24.3 Å². The Kier molecular flexibility index (Phi) is 10.5. The van der Waals surface area contributed by atoms with Crippen LogP contribution in [0.4, 0.5) is 4.79 Å². The van der Waals surface area contributed by atoms with Gasteiger partial charge in [0.2, 0.25) is 11.8 Å². The van der Waals surface area contributed by atoms with Crippen molar-refractivity contribution < 1.29 is 49.2 Å². The van der Waals surface area contributed by atoms with Gasteiger partial charge in [-0.3, -0.25) is 29.3 Å². The smallest absolute Gasteiger partial charge is 0.322 e. The fourth-order valence-corrected chi connectivity index (χ4v) is 4.23. The van der Waals surface area contributed by atoms with Crippen LogP contribution in [0, 0.1) is 5.92 Å². The third-order valence-electron chi connectivity index (χ3n) is 6.26. The number of aliphatic hydroxyl groups excluding tert-OH is 1. The summed E-state index contributed by atoms with van der Waals surface area (Å²) in [6, 6.07) is 2.72. The lowest BCUT2D eigenvalue weighted by Crippen LogP contribution is -2.62. The Morgan fingerprint density at radius 3 is 2.10 bits per heavy atom. The van der Waals surface area contributed by atoms with E-state index in [1.54, 1.807) is 24.3 Å². The van der Waals surface area contributed by atoms with Gasteiger partial charge in [0, 0.05) is 11.3 Å². The van der Waals surface area contributed by atoms with E-state index >= 15 is 0 Å². The molecule has 1 aromatic carbocycles. The molecule has 3 unspecified atom stereocenters. The topological polar surface area (TPSA) is 257 Å². The second-order valence-electron chi connectivity index (χ2n) is 10.0. The molecule has 0 aromatic heterocycles. The molecular weight excluding hydrogens is 550 g/mol. The number of rotatable bonds is 15. The molecule has 1 aromatic rings. The minimum absolute atomic E-state index is 0.169. The van der Waals surface area contributed by atoms with E-state index in [2.05, 4.69) is 33.9 Å². The first-order valence-electron chi connectivity index (χ1n) is 12.0. The number of carboxylic acid groups (broad SMARTS) is 3. The molecule has 1 saturated carbocycles. The summed E-state index contributed by atoms with van der Waals surface area (Å²) in [4.78, 5) is 71.6. The zero-order chi connectivity index (χ0) is 30.4. The lowest BCUT2D eigenvalue weighted by molar-refractivity contribution is -0.144. The van der Waals surface area contributed by atoms with Gasteiger partial charge in [-0.25, -0.2) is 4.79 Å². The third-order valence-corrected chi connectivity index (χ3v) is 6.52. The van der Waals surface area contributed by atoms with Gasteiger partial charge in [0.25, 0.3) is 0 Å². The first kappa shape index (κ1) is 32.3. The molecule has 2 rings (SSSR count). The Hall–Kier alpha value is -3.89. The number of nitrogens with one attached hydrogen (secondary N) is 4. The lowest BCUT2D eigenvalue weighted by Gasteiger charge is -2.33. The number of aliphatic carboxylic acids is 3. The van der Waals surface area contributed by atoms with Gasteiger partial charge >= 0.3 is 23.9 Å². The molecule has 0 heterocycles. The van der Waals surface area contributed by atoms with Crippen LogP contribution in [0.1, 0.15) is 37.8 Å². The summed E-state index contributed by atoms with van der Waals surface area (Å²) in [5.41, 5.74) is 4.33. The molecule has 0 aliphatic heterocycles. The van der Waals surface area contributed by atoms with E-state index in [9.17, 15) is 49.2 Å². The highest BCUT2D eigenvalue weighted by Crippen LogP contribution is 2.44. The number of nitrogens with two attached hydrogens (primary N) is 1. The van der Waals surface area contributed by atoms with Crippen molar-refractivity contribution in [3.05, 3.63) is 35.4 Å². The van der Waals surface area contributed by atoms with E-state index in [1.165, 1.54) is 13.8 Å². The van der Waals surface area contributed by atoms with E-state index in [-0.39, 0.29) is 19.4 Å². The molecule has 15 nitrogen and oxygen atoms in total. The van der Waals surface area contributed by atoms with Crippen molar-refractivity contribution >= 4 is 48.4 Å². The number of hydrogen-bond donors (Lipinski definition) is 10. The molecule has 0 spiro atoms. The van der Waals surface area contributed by atoms with Gasteiger partial charge in [-0.2, -0.15) is 12.6 Å². The van der Waals surface area contributed by atoms with Crippen molar-refractivity contribution in [1.82, 2.24) is 21.3 Å². The molecule has 0 radical (unpaired) electrons. The highest BCUT2D eigenvalue weighted by Gasteiger charge is 2.65. The van der Waals surface area contributed by atoms with Gasteiger partial charge in [-0.05, 0) is 31.4 Å². The number of amides is 4. The predicted octanol–water partition coefficient (Wildman–Crippen LogP) is -1.61. The fourth-order valence-electron chi connectivity index (χ4n) is 4.04. The largest absolute Gasteiger partial charge is 0.481 e. The van der Waals surface area contributed by atoms with Gasteiger partial charge in [0.1, 0.15) is 17.8 Å². The zero-order valence-electron chi connectivity index (χ0n) is 21.7. The Balaban J connectivity index is 2.17. The van der Waals surface area contributed by atoms with Crippen molar-refractivity contribution in [1.29, 1.82) is 0 Å². The van der Waals surface area contributed by atoms with Crippen molar-refractivity contribution in [2.75, 3.05) is 0 Å². The van der Waals surface area contributed by atoms with Crippen LogP contribution in [0.25, 0.3) is 0 Å². The third kappa shape index (κ3) is 8.82. The second kappa shape index (κ2) is 13.0. The number of carbonyl (C=O) groups is 6. The summed E-state index contributed by atoms with van der Waals surface area (Å²) in [6.07, 6.45) is -3.25. The maximum Gasteiger partial charge on any atom is 0.322 e. The minimum Gasteiger partial charge on any atom is -0.481 e. The lowest BCUT2D eigenvalue weighted by atomic mass is 10.0. The molecule has 5 atom stereocenters. The highest BCUT2D eigenvalue weighted by molar-refractivity contribution is 7.81. The molecule has 1 aliphatic carbocycles. The molecule has 40 heavy (non-hydrogen) atoms. The van der Waals surface area contributed by atoms with Crippen molar-refractivity contribution in [2.45, 2.75) is 68.3 Å². The van der Waals surface area contributed by atoms with E-state index in [0.29, 0.717) is 11.1 Å². The van der Waals surface area contributed by atoms with Gasteiger partial charge in [-0.15, -0.1) is 0 Å². The number of urea groups is 1. The molecule has 1 aliphatic rings. The summed E-state index contributed by atoms with van der Waals surface area (Å²) in [5.74, 6) is -7.28. The van der Waals surface area contributed by atoms with Crippen LogP contribution in [0.15, 0.2) is 24.3 Å². The van der Waals surface area contributed by atoms with Gasteiger partial charge in [0.05, 0.1) is 24.8 Å². The normalized spacial score (nSPS) is 20.4. The Bertz CT molecular complexity index is 1160. The molecule has 1 fully saturated rings. The molecule has 16 heteroatoms. The number of primary amides is 1. The SMILES string of the molecule is CC(C)(S)[C@H](NC(O)[C@H](CC(=O)O)NC(=O)C1(NC(=O)Cc2ccc(CNC(N)=O)cc2)CC1C(=O)O)C(=O)O. The van der Waals surface area contributed by atoms with E-state index < -0.39 is 76.7 Å². The molecule has 10 N–H and O–H groups in total. The number of benzene rings is 1. The van der Waals surface area contributed by atoms with Crippen LogP contribution in [-0.2, 0) is 36.9 Å². The molecule has 0 bridgehead atoms. The van der Waals surface area contributed by atoms with Crippen LogP contribution in [-0.4, -0.2) is 84.8 Å². The Labute approximate surface area is 234 Å². The van der Waals surface area contributed by atoms with Crippen LogP contribution < -0.4 is 27.0 Å². The van der Waals surface area contributed by atoms with E-state index in [4.69, 9.17) is 5.73 Å². The molecule has 0 saturated heterocycles. The number of carboxylic acids is 3. The average Bonchev–Trinajstić information content (AvgIpc) is 3.55. The average molecular weight is 584 g/mol. The molecule has 220 valence electrons. The van der Waals surface area contributed by atoms with Crippen LogP contribution in [0.3, 0.4) is 0 Å². The summed E-state index contributed by atoms with van der Waals surface area (Å²) in [5, 5.41) is 48.3. The molecular formula is C24H33N5O10S. The Morgan fingerprint density at radius 2 is 1.65 bits per heavy atom. The summed E-state index contributed by atoms with van der Waals surface area (Å²) in [7, 11) is 0. The summed E-state index contributed by atoms with van der Waals surface area (Å²) in [6.45, 7) is 3.05. The van der Waals surface area contributed by atoms with E-state index in [0.717, 1.165) is 0 Å². The van der Waals surface area contributed by atoms with Gasteiger partial charge in [0.15, 0.2) is 0 Å². The minimum atomic E-state index is -1.92. The standard InChI is InChI=1S/C24H33N5O10S/c1-23(2,40)17(20(36)37)28-18(33)14(8-16(31)32)27-21(38)24(9-13(24)19(34)35)29-15(30)7-11-3-5-12(6-4-11)10-26-22(25)39/h3-6,13-14,17-18,28,33,40H,7-10H2,1-2H3,(H,27,38)(H,29,30)(H,31,32)(H,34,35)(H,36,37)(H3,25,26,39)/t13?,14-,17+,18?,24?/m0/s1. The van der Waals surface area contributed by atoms with Crippen LogP contribution >= 0.6 is 12.6 Å². The van der Waals surface area contributed by atoms with Crippen LogP contribution in [0.2, 0.25) is 0 Å². The zero-order valence-corrected chi connectivity index (χ0v) is 22.6. The van der Waals surface area contributed by atoms with Crippen molar-refractivity contribution in [3.8, 4) is 0 Å². The van der Waals surface area contributed by atoms with Crippen molar-refractivity contribution in [2.24, 2.45) is 11.7 Å².